The predicted molar refractivity (Wildman–Crippen MR) is 145 cm³/mol. The summed E-state index contributed by atoms with van der Waals surface area (Å²) in [5.74, 6) is 0.700. The van der Waals surface area contributed by atoms with Gasteiger partial charge in [0.25, 0.3) is 0 Å². The van der Waals surface area contributed by atoms with E-state index in [1.807, 2.05) is 0 Å². The molecule has 1 fully saturated rings. The van der Waals surface area contributed by atoms with Crippen molar-refractivity contribution in [1.29, 1.82) is 0 Å². The van der Waals surface area contributed by atoms with Gasteiger partial charge in [-0.1, -0.05) is 37.5 Å². The van der Waals surface area contributed by atoms with E-state index in [-0.39, 0.29) is 24.5 Å². The Hall–Kier alpha value is -0.730. The van der Waals surface area contributed by atoms with Crippen LogP contribution in [0, 0.1) is 0 Å². The van der Waals surface area contributed by atoms with Gasteiger partial charge in [-0.3, -0.25) is 0 Å². The number of hydrogen-bond acceptors (Lipinski definition) is 6. The molecule has 1 aromatic rings. The molecule has 0 spiro atoms. The molecule has 2 unspecified atom stereocenters. The molecule has 0 aliphatic heterocycles. The lowest BCUT2D eigenvalue weighted by molar-refractivity contribution is 0.443. The van der Waals surface area contributed by atoms with Crippen LogP contribution in [-0.4, -0.2) is 51.4 Å². The van der Waals surface area contributed by atoms with Crippen molar-refractivity contribution in [2.75, 3.05) is 39.3 Å². The highest BCUT2D eigenvalue weighted by Crippen LogP contribution is 2.34. The molecule has 1 aromatic carbocycles. The Kier molecular flexibility index (Phi) is 17.1. The third kappa shape index (κ3) is 13.1. The second kappa shape index (κ2) is 18.6. The summed E-state index contributed by atoms with van der Waals surface area (Å²) in [6.45, 7) is 5.34. The molecule has 0 heterocycles. The lowest BCUT2D eigenvalue weighted by Crippen LogP contribution is -2.30. The summed E-state index contributed by atoms with van der Waals surface area (Å²) in [6.07, 6.45) is 12.6. The van der Waals surface area contributed by atoms with Crippen molar-refractivity contribution in [1.82, 2.24) is 10.6 Å². The molecule has 7 heteroatoms. The molecule has 1 saturated carbocycles. The molecule has 0 radical (unpaired) electrons. The summed E-state index contributed by atoms with van der Waals surface area (Å²) >= 11 is 0. The first-order valence-corrected chi connectivity index (χ1v) is 13.1. The molecule has 0 amide bonds. The largest absolute Gasteiger partial charge is 0.330 e. The SMILES string of the molecule is Cl.NCCCNCCC(N)Cc1cc(CC(N)CCNCCCN)cc(C2CCCCC2)c1. The molecule has 1 aliphatic carbocycles. The highest BCUT2D eigenvalue weighted by Gasteiger charge is 2.18. The van der Waals surface area contributed by atoms with E-state index in [0.29, 0.717) is 5.92 Å². The van der Waals surface area contributed by atoms with Crippen LogP contribution in [0.25, 0.3) is 0 Å². The Labute approximate surface area is 208 Å². The second-order valence-corrected chi connectivity index (χ2v) is 9.71. The Morgan fingerprint density at radius 1 is 0.727 bits per heavy atom. The average molecular weight is 483 g/mol. The number of benzene rings is 1. The number of halogens is 1. The minimum Gasteiger partial charge on any atom is -0.330 e. The Morgan fingerprint density at radius 2 is 1.21 bits per heavy atom. The van der Waals surface area contributed by atoms with E-state index in [9.17, 15) is 0 Å². The van der Waals surface area contributed by atoms with E-state index in [1.165, 1.54) is 48.8 Å². The third-order valence-electron chi connectivity index (χ3n) is 6.65. The van der Waals surface area contributed by atoms with Crippen molar-refractivity contribution in [2.45, 2.75) is 88.6 Å². The van der Waals surface area contributed by atoms with Gasteiger partial charge in [0, 0.05) is 12.1 Å². The van der Waals surface area contributed by atoms with Gasteiger partial charge < -0.3 is 33.6 Å². The zero-order chi connectivity index (χ0) is 23.0. The van der Waals surface area contributed by atoms with Gasteiger partial charge in [-0.05, 0) is 113 Å². The maximum absolute atomic E-state index is 6.50. The summed E-state index contributed by atoms with van der Waals surface area (Å²) in [7, 11) is 0. The first-order valence-electron chi connectivity index (χ1n) is 13.1. The van der Waals surface area contributed by atoms with E-state index in [1.54, 1.807) is 0 Å². The predicted octanol–water partition coefficient (Wildman–Crippen LogP) is 2.55. The molecule has 33 heavy (non-hydrogen) atoms. The van der Waals surface area contributed by atoms with Crippen LogP contribution < -0.4 is 33.6 Å². The lowest BCUT2D eigenvalue weighted by atomic mass is 9.82. The molecule has 0 saturated heterocycles. The molecule has 2 atom stereocenters. The van der Waals surface area contributed by atoms with Crippen molar-refractivity contribution in [3.8, 4) is 0 Å². The summed E-state index contributed by atoms with van der Waals surface area (Å²) in [5.41, 5.74) is 28.4. The molecule has 10 N–H and O–H groups in total. The van der Waals surface area contributed by atoms with Crippen molar-refractivity contribution in [3.05, 3.63) is 34.9 Å². The van der Waals surface area contributed by atoms with Gasteiger partial charge in [0.2, 0.25) is 0 Å². The Bertz CT molecular complexity index is 568. The molecule has 0 aromatic heterocycles. The Balaban J connectivity index is 0.00000544. The van der Waals surface area contributed by atoms with E-state index in [4.69, 9.17) is 22.9 Å². The Morgan fingerprint density at radius 3 is 1.67 bits per heavy atom. The maximum atomic E-state index is 6.50. The van der Waals surface area contributed by atoms with Crippen molar-refractivity contribution in [3.63, 3.8) is 0 Å². The second-order valence-electron chi connectivity index (χ2n) is 9.71. The first kappa shape index (κ1) is 30.3. The zero-order valence-corrected chi connectivity index (χ0v) is 21.5. The first-order chi connectivity index (χ1) is 15.6. The van der Waals surface area contributed by atoms with Gasteiger partial charge in [-0.15, -0.1) is 12.4 Å². The molecular weight excluding hydrogens is 432 g/mol. The van der Waals surface area contributed by atoms with Gasteiger partial charge in [0.05, 0.1) is 0 Å². The minimum absolute atomic E-state index is 0. The zero-order valence-electron chi connectivity index (χ0n) is 20.7. The van der Waals surface area contributed by atoms with E-state index in [2.05, 4.69) is 28.8 Å². The van der Waals surface area contributed by atoms with Crippen LogP contribution >= 0.6 is 12.4 Å². The van der Waals surface area contributed by atoms with Crippen LogP contribution in [0.15, 0.2) is 18.2 Å². The van der Waals surface area contributed by atoms with Gasteiger partial charge in [0.15, 0.2) is 0 Å². The fourth-order valence-electron chi connectivity index (χ4n) is 4.79. The van der Waals surface area contributed by atoms with E-state index in [0.717, 1.165) is 77.8 Å². The topological polar surface area (TPSA) is 128 Å². The molecule has 192 valence electrons. The molecule has 1 aliphatic rings. The standard InChI is InChI=1S/C26H50N6.ClH/c27-10-4-12-31-14-8-25(29)19-21-16-22(20-26(30)9-15-32-13-5-11-28)18-24(17-21)23-6-2-1-3-7-23;/h16-18,23,25-26,31-32H,1-15,19-20,27-30H2;1H. The molecule has 2 rings (SSSR count). The fourth-order valence-corrected chi connectivity index (χ4v) is 4.79. The third-order valence-corrected chi connectivity index (χ3v) is 6.65. The fraction of sp³-hybridized carbons (Fsp3) is 0.769. The van der Waals surface area contributed by atoms with Crippen molar-refractivity contribution < 1.29 is 0 Å². The number of nitrogens with one attached hydrogen (secondary N) is 2. The highest BCUT2D eigenvalue weighted by molar-refractivity contribution is 5.85. The minimum atomic E-state index is 0. The van der Waals surface area contributed by atoms with Crippen LogP contribution in [0.4, 0.5) is 0 Å². The van der Waals surface area contributed by atoms with Gasteiger partial charge >= 0.3 is 0 Å². The van der Waals surface area contributed by atoms with Gasteiger partial charge in [-0.2, -0.15) is 0 Å². The van der Waals surface area contributed by atoms with Gasteiger partial charge in [-0.25, -0.2) is 0 Å². The quantitative estimate of drug-likeness (QED) is 0.189. The lowest BCUT2D eigenvalue weighted by Gasteiger charge is -2.24. The number of rotatable bonds is 17. The molecular formula is C26H51ClN6. The van der Waals surface area contributed by atoms with E-state index < -0.39 is 0 Å². The monoisotopic (exact) mass is 482 g/mol. The van der Waals surface area contributed by atoms with E-state index >= 15 is 0 Å². The van der Waals surface area contributed by atoms with Crippen LogP contribution in [0.5, 0.6) is 0 Å². The summed E-state index contributed by atoms with van der Waals surface area (Å²) in [5, 5.41) is 6.89. The molecule has 0 bridgehead atoms. The number of nitrogens with two attached hydrogens (primary N) is 4. The van der Waals surface area contributed by atoms with Crippen molar-refractivity contribution in [2.24, 2.45) is 22.9 Å². The smallest absolute Gasteiger partial charge is 0.00914 e. The van der Waals surface area contributed by atoms with Crippen molar-refractivity contribution >= 4 is 12.4 Å². The highest BCUT2D eigenvalue weighted by atomic mass is 35.5. The normalized spacial score (nSPS) is 16.4. The average Bonchev–Trinajstić information content (AvgIpc) is 2.79. The van der Waals surface area contributed by atoms with Gasteiger partial charge in [0.1, 0.15) is 0 Å². The number of hydrogen-bond donors (Lipinski definition) is 6. The van der Waals surface area contributed by atoms with Crippen LogP contribution in [-0.2, 0) is 12.8 Å². The van der Waals surface area contributed by atoms with Crippen LogP contribution in [0.3, 0.4) is 0 Å². The summed E-state index contributed by atoms with van der Waals surface area (Å²) in [4.78, 5) is 0. The molecule has 6 nitrogen and oxygen atoms in total. The van der Waals surface area contributed by atoms with Crippen LogP contribution in [0.1, 0.15) is 80.4 Å². The summed E-state index contributed by atoms with van der Waals surface area (Å²) < 4.78 is 0. The maximum Gasteiger partial charge on any atom is 0.00914 e. The van der Waals surface area contributed by atoms with Crippen LogP contribution in [0.2, 0.25) is 0 Å². The summed E-state index contributed by atoms with van der Waals surface area (Å²) in [6, 6.07) is 7.57.